The molecule has 0 aliphatic heterocycles. The van der Waals surface area contributed by atoms with Crippen molar-refractivity contribution < 1.29 is 21.7 Å². The summed E-state index contributed by atoms with van der Waals surface area (Å²) in [5, 5.41) is 0. The lowest BCUT2D eigenvalue weighted by atomic mass is 10.1. The van der Waals surface area contributed by atoms with Gasteiger partial charge in [0.1, 0.15) is 5.75 Å². The normalized spacial score (nSPS) is 11.5. The third-order valence-electron chi connectivity index (χ3n) is 6.02. The van der Waals surface area contributed by atoms with Gasteiger partial charge in [0.2, 0.25) is 0 Å². The van der Waals surface area contributed by atoms with E-state index in [1.54, 1.807) is 0 Å². The van der Waals surface area contributed by atoms with Gasteiger partial charge in [0.15, 0.2) is 0 Å². The van der Waals surface area contributed by atoms with Crippen molar-refractivity contribution >= 4 is 7.26 Å². The van der Waals surface area contributed by atoms with Crippen molar-refractivity contribution in [2.24, 2.45) is 0 Å². The molecule has 0 aromatic heterocycles. The third-order valence-corrected chi connectivity index (χ3v) is 11.1. The highest BCUT2D eigenvalue weighted by molar-refractivity contribution is 7.75. The van der Waals surface area contributed by atoms with Gasteiger partial charge in [0, 0.05) is 13.7 Å². The van der Waals surface area contributed by atoms with E-state index in [-0.39, 0.29) is 17.0 Å². The van der Waals surface area contributed by atoms with Gasteiger partial charge in [-0.2, -0.15) is 0 Å². The molecular formula is C26H49BrNOP. The summed E-state index contributed by atoms with van der Waals surface area (Å²) in [5.41, 5.74) is 1.37. The van der Waals surface area contributed by atoms with Crippen LogP contribution < -0.4 is 21.7 Å². The number of aryl methyl sites for hydroxylation is 1. The van der Waals surface area contributed by atoms with Crippen molar-refractivity contribution in [1.82, 2.24) is 4.90 Å². The molecule has 0 N–H and O–H groups in total. The van der Waals surface area contributed by atoms with Crippen LogP contribution in [0.25, 0.3) is 0 Å². The second kappa shape index (κ2) is 18.5. The summed E-state index contributed by atoms with van der Waals surface area (Å²) in [7, 11) is 3.50. The van der Waals surface area contributed by atoms with E-state index in [4.69, 9.17) is 4.74 Å². The van der Waals surface area contributed by atoms with Gasteiger partial charge >= 0.3 is 0 Å². The average Bonchev–Trinajstić information content (AvgIpc) is 2.72. The number of ether oxygens (including phenoxy) is 1. The minimum atomic E-state index is -0.793. The molecule has 0 spiro atoms. The quantitative estimate of drug-likeness (QED) is 0.218. The van der Waals surface area contributed by atoms with E-state index in [1.807, 2.05) is 0 Å². The lowest BCUT2D eigenvalue weighted by Crippen LogP contribution is -3.00. The number of nitrogens with zero attached hydrogens (tertiary/aromatic N) is 1. The van der Waals surface area contributed by atoms with Crippen molar-refractivity contribution in [3.63, 3.8) is 0 Å². The maximum atomic E-state index is 6.31. The van der Waals surface area contributed by atoms with Crippen molar-refractivity contribution in [1.29, 1.82) is 0 Å². The van der Waals surface area contributed by atoms with Crippen LogP contribution in [0.15, 0.2) is 24.3 Å². The maximum absolute atomic E-state index is 6.31. The fraction of sp³-hybridized carbons (Fsp3) is 0.769. The van der Waals surface area contributed by atoms with E-state index < -0.39 is 7.26 Å². The van der Waals surface area contributed by atoms with Gasteiger partial charge in [-0.1, -0.05) is 58.2 Å². The Kier molecular flexibility index (Phi) is 18.4. The number of hydrogen-bond donors (Lipinski definition) is 0. The molecule has 0 aliphatic carbocycles. The molecule has 176 valence electrons. The number of unbranched alkanes of at least 4 members (excludes halogenated alkanes) is 3. The van der Waals surface area contributed by atoms with Crippen LogP contribution in [0.4, 0.5) is 0 Å². The first-order valence-corrected chi connectivity index (χ1v) is 14.8. The summed E-state index contributed by atoms with van der Waals surface area (Å²) in [5.74, 6) is 1.12. The van der Waals surface area contributed by atoms with Crippen LogP contribution >= 0.6 is 7.26 Å². The maximum Gasteiger partial charge on any atom is 0.122 e. The van der Waals surface area contributed by atoms with Gasteiger partial charge in [-0.25, -0.2) is 0 Å². The van der Waals surface area contributed by atoms with Crippen LogP contribution in [0.1, 0.15) is 77.7 Å². The highest BCUT2D eigenvalue weighted by atomic mass is 79.9. The van der Waals surface area contributed by atoms with Crippen molar-refractivity contribution in [2.75, 3.05) is 51.9 Å². The summed E-state index contributed by atoms with van der Waals surface area (Å²) in [4.78, 5) is 2.26. The molecule has 0 aliphatic rings. The molecular weight excluding hydrogens is 453 g/mol. The standard InChI is InChI=1S/C26H49NOP.BrH/c1-6-9-21-29(22-10-7-2,23-11-8-3)24-15-20-28-26-18-13-12-16-25(26)17-14-19-27(4)5;/h12-13,16,18H,6-11,14-15,17,19-24H2,1-5H3;1H/q+1;/p-1. The van der Waals surface area contributed by atoms with Crippen LogP contribution in [0.3, 0.4) is 0 Å². The summed E-state index contributed by atoms with van der Waals surface area (Å²) in [6.45, 7) is 9.07. The van der Waals surface area contributed by atoms with Crippen LogP contribution in [0.5, 0.6) is 5.75 Å². The molecule has 0 amide bonds. The molecule has 0 bridgehead atoms. The minimum absolute atomic E-state index is 0. The first-order chi connectivity index (χ1) is 14.1. The summed E-state index contributed by atoms with van der Waals surface area (Å²) in [6, 6.07) is 8.67. The fourth-order valence-corrected chi connectivity index (χ4v) is 9.27. The predicted octanol–water partition coefficient (Wildman–Crippen LogP) is 4.37. The molecule has 30 heavy (non-hydrogen) atoms. The van der Waals surface area contributed by atoms with E-state index in [2.05, 4.69) is 64.0 Å². The lowest BCUT2D eigenvalue weighted by molar-refractivity contribution is -0.00000691. The van der Waals surface area contributed by atoms with E-state index >= 15 is 0 Å². The Labute approximate surface area is 199 Å². The fourth-order valence-electron chi connectivity index (χ4n) is 4.17. The molecule has 4 heteroatoms. The smallest absolute Gasteiger partial charge is 0.122 e. The molecule has 0 fully saturated rings. The predicted molar refractivity (Wildman–Crippen MR) is 135 cm³/mol. The Morgan fingerprint density at radius 3 is 1.83 bits per heavy atom. The molecule has 0 heterocycles. The molecule has 0 radical (unpaired) electrons. The zero-order valence-corrected chi connectivity index (χ0v) is 23.1. The first-order valence-electron chi connectivity index (χ1n) is 12.3. The molecule has 1 aromatic rings. The van der Waals surface area contributed by atoms with Crippen LogP contribution in [0, 0.1) is 0 Å². The Balaban J connectivity index is 0.00000841. The number of para-hydroxylation sites is 1. The minimum Gasteiger partial charge on any atom is -1.00 e. The average molecular weight is 503 g/mol. The van der Waals surface area contributed by atoms with Gasteiger partial charge in [0.25, 0.3) is 0 Å². The monoisotopic (exact) mass is 501 g/mol. The number of rotatable bonds is 18. The number of halogens is 1. The van der Waals surface area contributed by atoms with Gasteiger partial charge in [-0.3, -0.25) is 0 Å². The highest BCUT2D eigenvalue weighted by Gasteiger charge is 2.34. The zero-order valence-electron chi connectivity index (χ0n) is 20.6. The SMILES string of the molecule is CCCC[P+](CCCC)(CCCC)CCCOc1ccccc1CCCN(C)C.[Br-]. The van der Waals surface area contributed by atoms with Gasteiger partial charge < -0.3 is 26.6 Å². The van der Waals surface area contributed by atoms with E-state index in [9.17, 15) is 0 Å². The van der Waals surface area contributed by atoms with Gasteiger partial charge in [-0.05, 0) is 64.4 Å². The second-order valence-electron chi connectivity index (χ2n) is 9.01. The molecule has 0 saturated heterocycles. The Bertz CT molecular complexity index is 502. The highest BCUT2D eigenvalue weighted by Crippen LogP contribution is 2.61. The molecule has 2 nitrogen and oxygen atoms in total. The Morgan fingerprint density at radius 1 is 0.767 bits per heavy atom. The van der Waals surface area contributed by atoms with Gasteiger partial charge in [-0.15, -0.1) is 0 Å². The largest absolute Gasteiger partial charge is 1.00 e. The molecule has 1 aromatic carbocycles. The lowest BCUT2D eigenvalue weighted by Gasteiger charge is -2.28. The Hall–Kier alpha value is -0.110. The topological polar surface area (TPSA) is 12.5 Å². The van der Waals surface area contributed by atoms with Crippen LogP contribution in [-0.2, 0) is 6.42 Å². The Morgan fingerprint density at radius 2 is 1.30 bits per heavy atom. The third kappa shape index (κ3) is 12.7. The molecule has 0 saturated carbocycles. The van der Waals surface area contributed by atoms with Crippen LogP contribution in [-0.4, -0.2) is 56.8 Å². The first kappa shape index (κ1) is 29.9. The van der Waals surface area contributed by atoms with Crippen LogP contribution in [0.2, 0.25) is 0 Å². The molecule has 1 rings (SSSR count). The van der Waals surface area contributed by atoms with E-state index in [0.717, 1.165) is 25.3 Å². The van der Waals surface area contributed by atoms with Crippen molar-refractivity contribution in [3.8, 4) is 5.75 Å². The summed E-state index contributed by atoms with van der Waals surface area (Å²) >= 11 is 0. The van der Waals surface area contributed by atoms with E-state index in [1.165, 1.54) is 81.6 Å². The number of benzene rings is 1. The van der Waals surface area contributed by atoms with Gasteiger partial charge in [0.05, 0.1) is 31.3 Å². The van der Waals surface area contributed by atoms with E-state index in [0.29, 0.717) is 0 Å². The number of hydrogen-bond acceptors (Lipinski definition) is 2. The van der Waals surface area contributed by atoms with Crippen molar-refractivity contribution in [2.45, 2.75) is 78.6 Å². The molecule has 0 unspecified atom stereocenters. The second-order valence-corrected chi connectivity index (χ2v) is 13.5. The summed E-state index contributed by atoms with van der Waals surface area (Å²) in [6.07, 6.45) is 17.8. The molecule has 0 atom stereocenters. The summed E-state index contributed by atoms with van der Waals surface area (Å²) < 4.78 is 6.31. The zero-order chi connectivity index (χ0) is 21.4. The van der Waals surface area contributed by atoms with Crippen molar-refractivity contribution in [3.05, 3.63) is 29.8 Å².